The van der Waals surface area contributed by atoms with Crippen LogP contribution in [0.25, 0.3) is 5.57 Å². The topological polar surface area (TPSA) is 76.1 Å². The van der Waals surface area contributed by atoms with Crippen LogP contribution in [0.3, 0.4) is 0 Å². The first-order valence-corrected chi connectivity index (χ1v) is 9.35. The van der Waals surface area contributed by atoms with Crippen LogP contribution < -0.4 is 14.4 Å². The van der Waals surface area contributed by atoms with Crippen molar-refractivity contribution in [2.24, 2.45) is 0 Å². The summed E-state index contributed by atoms with van der Waals surface area (Å²) >= 11 is 1.08. The van der Waals surface area contributed by atoms with Gasteiger partial charge in [0.05, 0.1) is 37.0 Å². The van der Waals surface area contributed by atoms with Crippen LogP contribution in [0.15, 0.2) is 47.4 Å². The number of rotatable bonds is 7. The molecule has 0 aliphatic carbocycles. The average Bonchev–Trinajstić information content (AvgIpc) is 2.96. The van der Waals surface area contributed by atoms with Crippen LogP contribution in [0.2, 0.25) is 0 Å². The first kappa shape index (κ1) is 19.9. The zero-order valence-electron chi connectivity index (χ0n) is 15.3. The number of aliphatic hydroxyl groups excluding tert-OH is 1. The van der Waals surface area contributed by atoms with Crippen LogP contribution >= 0.6 is 11.8 Å². The predicted octanol–water partition coefficient (Wildman–Crippen LogP) is 2.85. The lowest BCUT2D eigenvalue weighted by molar-refractivity contribution is -0.119. The lowest BCUT2D eigenvalue weighted by Gasteiger charge is -2.19. The molecule has 2 aromatic rings. The lowest BCUT2D eigenvalue weighted by Crippen LogP contribution is -2.31. The van der Waals surface area contributed by atoms with Gasteiger partial charge in [-0.3, -0.25) is 9.59 Å². The highest BCUT2D eigenvalue weighted by Gasteiger charge is 2.41. The molecule has 2 amide bonds. The number of amides is 2. The summed E-state index contributed by atoms with van der Waals surface area (Å²) in [5.74, 6) is -0.511. The predicted molar refractivity (Wildman–Crippen MR) is 105 cm³/mol. The summed E-state index contributed by atoms with van der Waals surface area (Å²) in [6.45, 7) is -0.158. The molecular weight excluding hydrogens is 385 g/mol. The van der Waals surface area contributed by atoms with E-state index in [1.54, 1.807) is 12.1 Å². The number of hydrogen-bond acceptors (Lipinski definition) is 6. The fourth-order valence-corrected chi connectivity index (χ4v) is 3.71. The second kappa shape index (κ2) is 8.45. The molecule has 0 bridgehead atoms. The van der Waals surface area contributed by atoms with Crippen LogP contribution in [-0.4, -0.2) is 43.5 Å². The monoisotopic (exact) mass is 403 g/mol. The smallest absolute Gasteiger partial charge is 0.272 e. The summed E-state index contributed by atoms with van der Waals surface area (Å²) in [5.41, 5.74) is 0.828. The summed E-state index contributed by atoms with van der Waals surface area (Å²) in [6.07, 6.45) is 0. The van der Waals surface area contributed by atoms with Gasteiger partial charge in [0.15, 0.2) is 0 Å². The van der Waals surface area contributed by atoms with Gasteiger partial charge in [0.2, 0.25) is 0 Å². The molecule has 146 valence electrons. The summed E-state index contributed by atoms with van der Waals surface area (Å²) in [5, 5.41) is 9.17. The minimum Gasteiger partial charge on any atom is -0.497 e. The van der Waals surface area contributed by atoms with Gasteiger partial charge < -0.3 is 14.6 Å². The van der Waals surface area contributed by atoms with E-state index in [-0.39, 0.29) is 28.5 Å². The Kier molecular flexibility index (Phi) is 6.01. The largest absolute Gasteiger partial charge is 0.497 e. The molecule has 0 unspecified atom stereocenters. The van der Waals surface area contributed by atoms with Gasteiger partial charge in [0.25, 0.3) is 11.8 Å². The van der Waals surface area contributed by atoms with E-state index in [1.165, 1.54) is 44.6 Å². The SMILES string of the molecule is COc1ccc(OC)c(N2C(=O)C(SCCO)=C(c3ccc(F)cc3)C2=O)c1. The summed E-state index contributed by atoms with van der Waals surface area (Å²) < 4.78 is 23.8. The van der Waals surface area contributed by atoms with Crippen LogP contribution in [0.1, 0.15) is 5.56 Å². The second-order valence-corrected chi connectivity index (χ2v) is 6.87. The maximum Gasteiger partial charge on any atom is 0.272 e. The highest BCUT2D eigenvalue weighted by Crippen LogP contribution is 2.42. The number of methoxy groups -OCH3 is 2. The normalized spacial score (nSPS) is 14.1. The number of aliphatic hydroxyl groups is 1. The van der Waals surface area contributed by atoms with Crippen molar-refractivity contribution in [3.05, 3.63) is 58.8 Å². The number of anilines is 1. The van der Waals surface area contributed by atoms with E-state index in [1.807, 2.05) is 0 Å². The number of halogens is 1. The molecule has 8 heteroatoms. The maximum absolute atomic E-state index is 13.3. The average molecular weight is 403 g/mol. The van der Waals surface area contributed by atoms with E-state index < -0.39 is 17.6 Å². The first-order valence-electron chi connectivity index (χ1n) is 8.36. The Balaban J connectivity index is 2.12. The van der Waals surface area contributed by atoms with Crippen molar-refractivity contribution in [1.82, 2.24) is 0 Å². The number of nitrogens with zero attached hydrogens (tertiary/aromatic N) is 1. The van der Waals surface area contributed by atoms with Gasteiger partial charge in [-0.15, -0.1) is 11.8 Å². The molecule has 0 spiro atoms. The number of ether oxygens (including phenoxy) is 2. The van der Waals surface area contributed by atoms with E-state index in [0.29, 0.717) is 17.1 Å². The van der Waals surface area contributed by atoms with E-state index in [4.69, 9.17) is 14.6 Å². The molecule has 0 saturated carbocycles. The van der Waals surface area contributed by atoms with Crippen LogP contribution in [0, 0.1) is 5.82 Å². The Morgan fingerprint density at radius 1 is 1.04 bits per heavy atom. The van der Waals surface area contributed by atoms with Crippen molar-refractivity contribution in [1.29, 1.82) is 0 Å². The third kappa shape index (κ3) is 3.61. The van der Waals surface area contributed by atoms with Crippen molar-refractivity contribution < 1.29 is 28.6 Å². The Labute approximate surface area is 165 Å². The van der Waals surface area contributed by atoms with Crippen molar-refractivity contribution in [2.45, 2.75) is 0 Å². The maximum atomic E-state index is 13.3. The van der Waals surface area contributed by atoms with Crippen molar-refractivity contribution in [3.8, 4) is 11.5 Å². The van der Waals surface area contributed by atoms with Gasteiger partial charge in [0, 0.05) is 11.8 Å². The van der Waals surface area contributed by atoms with Crippen molar-refractivity contribution in [2.75, 3.05) is 31.5 Å². The Morgan fingerprint density at radius 3 is 2.36 bits per heavy atom. The molecule has 0 fully saturated rings. The van der Waals surface area contributed by atoms with E-state index in [0.717, 1.165) is 16.7 Å². The summed E-state index contributed by atoms with van der Waals surface area (Å²) in [6, 6.07) is 10.1. The number of thioether (sulfide) groups is 1. The van der Waals surface area contributed by atoms with E-state index in [9.17, 15) is 14.0 Å². The summed E-state index contributed by atoms with van der Waals surface area (Å²) in [7, 11) is 2.91. The Morgan fingerprint density at radius 2 is 1.75 bits per heavy atom. The zero-order valence-corrected chi connectivity index (χ0v) is 16.1. The van der Waals surface area contributed by atoms with E-state index >= 15 is 0 Å². The molecule has 0 atom stereocenters. The van der Waals surface area contributed by atoms with Gasteiger partial charge in [-0.1, -0.05) is 12.1 Å². The first-order chi connectivity index (χ1) is 13.5. The molecule has 1 N–H and O–H groups in total. The molecule has 0 aromatic heterocycles. The fourth-order valence-electron chi connectivity index (χ4n) is 2.85. The quantitative estimate of drug-likeness (QED) is 0.717. The van der Waals surface area contributed by atoms with Crippen molar-refractivity contribution >= 4 is 34.8 Å². The van der Waals surface area contributed by atoms with Gasteiger partial charge in [-0.2, -0.15) is 0 Å². The zero-order chi connectivity index (χ0) is 20.3. The van der Waals surface area contributed by atoms with Crippen molar-refractivity contribution in [3.63, 3.8) is 0 Å². The highest BCUT2D eigenvalue weighted by atomic mass is 32.2. The second-order valence-electron chi connectivity index (χ2n) is 5.77. The van der Waals surface area contributed by atoms with Crippen LogP contribution in [-0.2, 0) is 9.59 Å². The van der Waals surface area contributed by atoms with Crippen LogP contribution in [0.5, 0.6) is 11.5 Å². The third-order valence-corrected chi connectivity index (χ3v) is 5.19. The third-order valence-electron chi connectivity index (χ3n) is 4.14. The lowest BCUT2D eigenvalue weighted by atomic mass is 10.1. The molecule has 1 heterocycles. The molecule has 1 aliphatic heterocycles. The highest BCUT2D eigenvalue weighted by molar-refractivity contribution is 8.04. The number of hydrogen-bond donors (Lipinski definition) is 1. The molecule has 28 heavy (non-hydrogen) atoms. The van der Waals surface area contributed by atoms with Crippen LogP contribution in [0.4, 0.5) is 10.1 Å². The molecule has 3 rings (SSSR count). The molecule has 2 aromatic carbocycles. The van der Waals surface area contributed by atoms with Gasteiger partial charge >= 0.3 is 0 Å². The molecule has 1 aliphatic rings. The standard InChI is InChI=1S/C20H18FNO5S/c1-26-14-7-8-16(27-2)15(11-14)22-19(24)17(12-3-5-13(21)6-4-12)18(20(22)25)28-10-9-23/h3-8,11,23H,9-10H2,1-2H3. The molecule has 0 saturated heterocycles. The minimum absolute atomic E-state index is 0.158. The molecule has 0 radical (unpaired) electrons. The van der Waals surface area contributed by atoms with Gasteiger partial charge in [-0.05, 0) is 29.8 Å². The number of benzene rings is 2. The molecule has 6 nitrogen and oxygen atoms in total. The summed E-state index contributed by atoms with van der Waals surface area (Å²) in [4.78, 5) is 27.5. The van der Waals surface area contributed by atoms with E-state index in [2.05, 4.69) is 0 Å². The fraction of sp³-hybridized carbons (Fsp3) is 0.200. The van der Waals surface area contributed by atoms with Gasteiger partial charge in [0.1, 0.15) is 17.3 Å². The Bertz CT molecular complexity index is 942. The number of imide groups is 1. The number of carbonyl (C=O) groups excluding carboxylic acids is 2. The number of carbonyl (C=O) groups is 2. The molecular formula is C20H18FNO5S. The minimum atomic E-state index is -0.552. The Hall–Kier alpha value is -2.84. The van der Waals surface area contributed by atoms with Gasteiger partial charge in [-0.25, -0.2) is 9.29 Å².